The number of para-hydroxylation sites is 1. The third-order valence-electron chi connectivity index (χ3n) is 3.20. The highest BCUT2D eigenvalue weighted by molar-refractivity contribution is 5.85. The van der Waals surface area contributed by atoms with E-state index in [-0.39, 0.29) is 0 Å². The highest BCUT2D eigenvalue weighted by Gasteiger charge is 2.12. The lowest BCUT2D eigenvalue weighted by Crippen LogP contribution is -1.95. The van der Waals surface area contributed by atoms with Gasteiger partial charge < -0.3 is 0 Å². The Morgan fingerprint density at radius 3 is 2.14 bits per heavy atom. The fourth-order valence-electron chi connectivity index (χ4n) is 2.06. The monoisotopic (exact) mass is 282 g/mol. The molecule has 0 saturated heterocycles. The summed E-state index contributed by atoms with van der Waals surface area (Å²) in [5.41, 5.74) is 4.25. The van der Waals surface area contributed by atoms with Crippen molar-refractivity contribution in [3.8, 4) is 0 Å². The van der Waals surface area contributed by atoms with Crippen molar-refractivity contribution in [1.29, 1.82) is 0 Å². The maximum Gasteiger partial charge on any atom is 0.0740 e. The van der Waals surface area contributed by atoms with E-state index in [1.807, 2.05) is 19.1 Å². The van der Waals surface area contributed by atoms with Gasteiger partial charge in [0.1, 0.15) is 0 Å². The number of aliphatic imine (C=N–C) groups is 2. The molecule has 2 heteroatoms. The number of allylic oxidation sites excluding steroid dienone is 3. The van der Waals surface area contributed by atoms with Gasteiger partial charge in [-0.25, -0.2) is 0 Å². The standard InChI is InChI=1S/C19H26N2/c1-7-8-12-20-16(6)13-21-19-17(14(2)3)10-9-11-18(19)15(4)5/h7-15H,6H2,1-5H3/b8-7-,20-12-,21-13+. The molecule has 0 amide bonds. The van der Waals surface area contributed by atoms with Crippen molar-refractivity contribution >= 4 is 18.1 Å². The first-order valence-corrected chi connectivity index (χ1v) is 7.48. The van der Waals surface area contributed by atoms with Crippen LogP contribution in [-0.2, 0) is 0 Å². The van der Waals surface area contributed by atoms with Gasteiger partial charge in [-0.1, -0.05) is 58.5 Å². The quantitative estimate of drug-likeness (QED) is 0.589. The molecule has 0 aliphatic heterocycles. The van der Waals surface area contributed by atoms with Crippen LogP contribution < -0.4 is 0 Å². The molecular formula is C19H26N2. The molecule has 0 aliphatic carbocycles. The Kier molecular flexibility index (Phi) is 6.80. The van der Waals surface area contributed by atoms with Crippen LogP contribution in [0.15, 0.2) is 52.6 Å². The average Bonchev–Trinajstić information content (AvgIpc) is 2.44. The molecule has 0 atom stereocenters. The molecule has 1 rings (SSSR count). The fraction of sp³-hybridized carbons (Fsp3) is 0.368. The van der Waals surface area contributed by atoms with Gasteiger partial charge in [0.05, 0.1) is 17.6 Å². The third-order valence-corrected chi connectivity index (χ3v) is 3.20. The molecule has 0 spiro atoms. The molecule has 0 fully saturated rings. The van der Waals surface area contributed by atoms with Crippen molar-refractivity contribution in [3.63, 3.8) is 0 Å². The number of hydrogen-bond donors (Lipinski definition) is 0. The molecule has 1 aromatic rings. The summed E-state index contributed by atoms with van der Waals surface area (Å²) in [6, 6.07) is 6.41. The van der Waals surface area contributed by atoms with E-state index in [0.29, 0.717) is 17.5 Å². The van der Waals surface area contributed by atoms with E-state index < -0.39 is 0 Å². The summed E-state index contributed by atoms with van der Waals surface area (Å²) in [6.07, 6.45) is 7.28. The summed E-state index contributed by atoms with van der Waals surface area (Å²) in [5, 5.41) is 0. The zero-order valence-corrected chi connectivity index (χ0v) is 13.8. The Morgan fingerprint density at radius 2 is 1.67 bits per heavy atom. The van der Waals surface area contributed by atoms with Gasteiger partial charge in [0.15, 0.2) is 0 Å². The lowest BCUT2D eigenvalue weighted by atomic mass is 9.93. The molecule has 0 heterocycles. The van der Waals surface area contributed by atoms with E-state index in [1.54, 1.807) is 12.4 Å². The summed E-state index contributed by atoms with van der Waals surface area (Å²) >= 11 is 0. The van der Waals surface area contributed by atoms with Crippen LogP contribution in [0.4, 0.5) is 5.69 Å². The van der Waals surface area contributed by atoms with Crippen molar-refractivity contribution < 1.29 is 0 Å². The van der Waals surface area contributed by atoms with E-state index in [9.17, 15) is 0 Å². The molecule has 0 N–H and O–H groups in total. The zero-order chi connectivity index (χ0) is 15.8. The maximum absolute atomic E-state index is 4.66. The third kappa shape index (κ3) is 5.14. The largest absolute Gasteiger partial charge is 0.256 e. The predicted octanol–water partition coefficient (Wildman–Crippen LogP) is 5.80. The number of benzene rings is 1. The van der Waals surface area contributed by atoms with E-state index in [0.717, 1.165) is 5.69 Å². The normalized spacial score (nSPS) is 12.5. The van der Waals surface area contributed by atoms with Crippen LogP contribution in [0.5, 0.6) is 0 Å². The average molecular weight is 282 g/mol. The second-order valence-corrected chi connectivity index (χ2v) is 5.65. The van der Waals surface area contributed by atoms with Crippen molar-refractivity contribution in [2.75, 3.05) is 0 Å². The lowest BCUT2D eigenvalue weighted by Gasteiger charge is -2.16. The molecular weight excluding hydrogens is 256 g/mol. The first-order chi connectivity index (χ1) is 9.97. The zero-order valence-electron chi connectivity index (χ0n) is 13.8. The summed E-state index contributed by atoms with van der Waals surface area (Å²) in [6.45, 7) is 14.6. The second-order valence-electron chi connectivity index (χ2n) is 5.65. The van der Waals surface area contributed by atoms with Crippen LogP contribution in [0.2, 0.25) is 0 Å². The minimum absolute atomic E-state index is 0.440. The van der Waals surface area contributed by atoms with E-state index in [2.05, 4.69) is 62.5 Å². The molecule has 0 aromatic heterocycles. The van der Waals surface area contributed by atoms with Gasteiger partial charge in [0.2, 0.25) is 0 Å². The summed E-state index contributed by atoms with van der Waals surface area (Å²) < 4.78 is 0. The molecule has 1 aromatic carbocycles. The Morgan fingerprint density at radius 1 is 1.10 bits per heavy atom. The first kappa shape index (κ1) is 17.1. The van der Waals surface area contributed by atoms with E-state index in [1.165, 1.54) is 11.1 Å². The molecule has 112 valence electrons. The minimum atomic E-state index is 0.440. The smallest absolute Gasteiger partial charge is 0.0740 e. The fourth-order valence-corrected chi connectivity index (χ4v) is 2.06. The second kappa shape index (κ2) is 8.35. The highest BCUT2D eigenvalue weighted by atomic mass is 14.8. The van der Waals surface area contributed by atoms with E-state index >= 15 is 0 Å². The molecule has 0 bridgehead atoms. The number of rotatable bonds is 6. The van der Waals surface area contributed by atoms with Gasteiger partial charge >= 0.3 is 0 Å². The Hall–Kier alpha value is -1.96. The SMILES string of the molecule is C=C(/C=N/c1c(C(C)C)cccc1C(C)C)/N=C\C=C/C. The molecule has 0 aliphatic rings. The van der Waals surface area contributed by atoms with Crippen molar-refractivity contribution in [2.24, 2.45) is 9.98 Å². The Labute approximate surface area is 129 Å². The first-order valence-electron chi connectivity index (χ1n) is 7.48. The van der Waals surface area contributed by atoms with Crippen LogP contribution in [0.25, 0.3) is 0 Å². The van der Waals surface area contributed by atoms with Crippen LogP contribution >= 0.6 is 0 Å². The van der Waals surface area contributed by atoms with Gasteiger partial charge in [-0.15, -0.1) is 0 Å². The molecule has 0 saturated carbocycles. The lowest BCUT2D eigenvalue weighted by molar-refractivity contribution is 0.835. The Bertz CT molecular complexity index is 535. The Balaban J connectivity index is 3.13. The van der Waals surface area contributed by atoms with E-state index in [4.69, 9.17) is 0 Å². The van der Waals surface area contributed by atoms with Crippen molar-refractivity contribution in [3.05, 3.63) is 53.8 Å². The molecule has 0 unspecified atom stereocenters. The highest BCUT2D eigenvalue weighted by Crippen LogP contribution is 2.34. The molecule has 2 nitrogen and oxygen atoms in total. The predicted molar refractivity (Wildman–Crippen MR) is 95.2 cm³/mol. The summed E-state index contributed by atoms with van der Waals surface area (Å²) in [7, 11) is 0. The van der Waals surface area contributed by atoms with Crippen LogP contribution in [0.1, 0.15) is 57.6 Å². The van der Waals surface area contributed by atoms with Crippen molar-refractivity contribution in [1.82, 2.24) is 0 Å². The molecule has 21 heavy (non-hydrogen) atoms. The van der Waals surface area contributed by atoms with Crippen molar-refractivity contribution in [2.45, 2.75) is 46.5 Å². The van der Waals surface area contributed by atoms with Crippen LogP contribution in [0.3, 0.4) is 0 Å². The van der Waals surface area contributed by atoms with Gasteiger partial charge in [-0.05, 0) is 36.0 Å². The van der Waals surface area contributed by atoms with Crippen LogP contribution in [0, 0.1) is 0 Å². The van der Waals surface area contributed by atoms with Gasteiger partial charge in [0.25, 0.3) is 0 Å². The molecule has 0 radical (unpaired) electrons. The maximum atomic E-state index is 4.66. The van der Waals surface area contributed by atoms with Gasteiger partial charge in [-0.3, -0.25) is 9.98 Å². The summed E-state index contributed by atoms with van der Waals surface area (Å²) in [5.74, 6) is 0.881. The van der Waals surface area contributed by atoms with Crippen LogP contribution in [-0.4, -0.2) is 12.4 Å². The minimum Gasteiger partial charge on any atom is -0.256 e. The summed E-state index contributed by atoms with van der Waals surface area (Å²) in [4.78, 5) is 8.89. The number of nitrogens with zero attached hydrogens (tertiary/aromatic N) is 2. The number of hydrogen-bond acceptors (Lipinski definition) is 2. The topological polar surface area (TPSA) is 24.7 Å². The van der Waals surface area contributed by atoms with Gasteiger partial charge in [0, 0.05) is 6.21 Å². The van der Waals surface area contributed by atoms with Gasteiger partial charge in [-0.2, -0.15) is 0 Å².